The average molecular weight is 419 g/mol. The standard InChI is InChI=1S/C23H21N3O5/c1-4-29-21-12-16(13-24)6-11-20(21)31-22(27)17-7-9-18(10-8-17)26-15(3)19(14-25-26)23(28)30-5-2/h6-12,14H,4-5H2,1-3H3. The van der Waals surface area contributed by atoms with Gasteiger partial charge in [0.1, 0.15) is 5.56 Å². The second-order valence-corrected chi connectivity index (χ2v) is 6.42. The number of ether oxygens (including phenoxy) is 3. The highest BCUT2D eigenvalue weighted by atomic mass is 16.6. The largest absolute Gasteiger partial charge is 0.490 e. The zero-order valence-electron chi connectivity index (χ0n) is 17.4. The van der Waals surface area contributed by atoms with E-state index < -0.39 is 11.9 Å². The Bertz CT molecular complexity index is 1140. The van der Waals surface area contributed by atoms with Gasteiger partial charge in [-0.2, -0.15) is 10.4 Å². The lowest BCUT2D eigenvalue weighted by Gasteiger charge is -2.11. The quantitative estimate of drug-likeness (QED) is 0.423. The van der Waals surface area contributed by atoms with Crippen LogP contribution in [0.4, 0.5) is 0 Å². The van der Waals surface area contributed by atoms with Crippen LogP contribution >= 0.6 is 0 Å². The van der Waals surface area contributed by atoms with Gasteiger partial charge >= 0.3 is 11.9 Å². The summed E-state index contributed by atoms with van der Waals surface area (Å²) in [6.45, 7) is 5.95. The van der Waals surface area contributed by atoms with E-state index in [1.165, 1.54) is 18.3 Å². The van der Waals surface area contributed by atoms with Crippen molar-refractivity contribution in [3.05, 3.63) is 71.0 Å². The second kappa shape index (κ2) is 9.59. The maximum absolute atomic E-state index is 12.6. The van der Waals surface area contributed by atoms with E-state index in [0.29, 0.717) is 40.4 Å². The van der Waals surface area contributed by atoms with Crippen LogP contribution in [0.2, 0.25) is 0 Å². The molecule has 2 aromatic carbocycles. The Morgan fingerprint density at radius 3 is 2.42 bits per heavy atom. The van der Waals surface area contributed by atoms with Crippen LogP contribution < -0.4 is 9.47 Å². The van der Waals surface area contributed by atoms with Gasteiger partial charge in [-0.15, -0.1) is 0 Å². The van der Waals surface area contributed by atoms with Crippen LogP contribution in [-0.2, 0) is 4.74 Å². The van der Waals surface area contributed by atoms with E-state index in [2.05, 4.69) is 5.10 Å². The Morgan fingerprint density at radius 2 is 1.77 bits per heavy atom. The lowest BCUT2D eigenvalue weighted by molar-refractivity contribution is 0.0525. The number of nitriles is 1. The number of carbonyl (C=O) groups is 2. The van der Waals surface area contributed by atoms with Crippen LogP contribution in [0.1, 0.15) is 45.8 Å². The van der Waals surface area contributed by atoms with E-state index in [-0.39, 0.29) is 12.4 Å². The Morgan fingerprint density at radius 1 is 1.03 bits per heavy atom. The van der Waals surface area contributed by atoms with Crippen molar-refractivity contribution in [2.45, 2.75) is 20.8 Å². The third kappa shape index (κ3) is 4.73. The minimum atomic E-state index is -0.568. The van der Waals surface area contributed by atoms with Crippen LogP contribution in [0.25, 0.3) is 5.69 Å². The number of carbonyl (C=O) groups excluding carboxylic acids is 2. The molecule has 0 saturated heterocycles. The Labute approximate surface area is 179 Å². The average Bonchev–Trinajstić information content (AvgIpc) is 3.16. The molecular formula is C23H21N3O5. The topological polar surface area (TPSA) is 103 Å². The number of benzene rings is 2. The molecule has 3 aromatic rings. The molecule has 0 N–H and O–H groups in total. The van der Waals surface area contributed by atoms with Crippen LogP contribution in [-0.4, -0.2) is 34.9 Å². The van der Waals surface area contributed by atoms with Crippen molar-refractivity contribution >= 4 is 11.9 Å². The molecule has 0 bridgehead atoms. The molecule has 0 fully saturated rings. The van der Waals surface area contributed by atoms with E-state index in [1.54, 1.807) is 55.8 Å². The lowest BCUT2D eigenvalue weighted by Crippen LogP contribution is -2.10. The summed E-state index contributed by atoms with van der Waals surface area (Å²) in [5.41, 5.74) is 2.43. The fourth-order valence-corrected chi connectivity index (χ4v) is 2.91. The Kier molecular flexibility index (Phi) is 6.67. The SMILES string of the molecule is CCOC(=O)c1cnn(-c2ccc(C(=O)Oc3ccc(C#N)cc3OCC)cc2)c1C. The molecule has 0 aliphatic rings. The molecule has 0 atom stereocenters. The summed E-state index contributed by atoms with van der Waals surface area (Å²) in [7, 11) is 0. The third-order valence-electron chi connectivity index (χ3n) is 4.43. The molecule has 1 aromatic heterocycles. The van der Waals surface area contributed by atoms with Gasteiger partial charge in [0.2, 0.25) is 0 Å². The summed E-state index contributed by atoms with van der Waals surface area (Å²) in [4.78, 5) is 24.6. The van der Waals surface area contributed by atoms with Crippen molar-refractivity contribution in [1.29, 1.82) is 5.26 Å². The van der Waals surface area contributed by atoms with Crippen molar-refractivity contribution in [2.24, 2.45) is 0 Å². The summed E-state index contributed by atoms with van der Waals surface area (Å²) in [5.74, 6) is -0.442. The van der Waals surface area contributed by atoms with Crippen LogP contribution in [0.5, 0.6) is 11.5 Å². The highest BCUT2D eigenvalue weighted by Gasteiger charge is 2.17. The number of aromatic nitrogens is 2. The number of esters is 2. The lowest BCUT2D eigenvalue weighted by atomic mass is 10.2. The zero-order chi connectivity index (χ0) is 22.4. The molecule has 3 rings (SSSR count). The molecule has 0 aliphatic carbocycles. The zero-order valence-corrected chi connectivity index (χ0v) is 17.4. The molecule has 0 unspecified atom stereocenters. The summed E-state index contributed by atoms with van der Waals surface area (Å²) in [5, 5.41) is 13.3. The van der Waals surface area contributed by atoms with Crippen LogP contribution in [0.3, 0.4) is 0 Å². The van der Waals surface area contributed by atoms with E-state index in [9.17, 15) is 9.59 Å². The first-order valence-corrected chi connectivity index (χ1v) is 9.69. The summed E-state index contributed by atoms with van der Waals surface area (Å²) < 4.78 is 17.5. The normalized spacial score (nSPS) is 10.3. The molecule has 0 aliphatic heterocycles. The molecule has 8 nitrogen and oxygen atoms in total. The Hall–Kier alpha value is -4.12. The van der Waals surface area contributed by atoms with Crippen molar-refractivity contribution in [3.8, 4) is 23.3 Å². The van der Waals surface area contributed by atoms with Crippen LogP contribution in [0, 0.1) is 18.3 Å². The van der Waals surface area contributed by atoms with Crippen molar-refractivity contribution < 1.29 is 23.8 Å². The third-order valence-corrected chi connectivity index (χ3v) is 4.43. The van der Waals surface area contributed by atoms with Gasteiger partial charge in [-0.05, 0) is 57.2 Å². The fourth-order valence-electron chi connectivity index (χ4n) is 2.91. The van der Waals surface area contributed by atoms with Gasteiger partial charge in [-0.25, -0.2) is 14.3 Å². The number of nitrogens with zero attached hydrogens (tertiary/aromatic N) is 3. The minimum absolute atomic E-state index is 0.233. The molecule has 158 valence electrons. The maximum atomic E-state index is 12.6. The van der Waals surface area contributed by atoms with Gasteiger partial charge in [0.05, 0.1) is 48.0 Å². The smallest absolute Gasteiger partial charge is 0.343 e. The van der Waals surface area contributed by atoms with Crippen molar-refractivity contribution in [2.75, 3.05) is 13.2 Å². The van der Waals surface area contributed by atoms with E-state index >= 15 is 0 Å². The molecule has 0 spiro atoms. The maximum Gasteiger partial charge on any atom is 0.343 e. The Balaban J connectivity index is 1.79. The van der Waals surface area contributed by atoms with E-state index in [4.69, 9.17) is 19.5 Å². The predicted molar refractivity (Wildman–Crippen MR) is 112 cm³/mol. The summed E-state index contributed by atoms with van der Waals surface area (Å²) >= 11 is 0. The van der Waals surface area contributed by atoms with Crippen LogP contribution in [0.15, 0.2) is 48.7 Å². The van der Waals surface area contributed by atoms with Gasteiger partial charge in [0.25, 0.3) is 0 Å². The monoisotopic (exact) mass is 419 g/mol. The number of hydrogen-bond acceptors (Lipinski definition) is 7. The van der Waals surface area contributed by atoms with Crippen molar-refractivity contribution in [3.63, 3.8) is 0 Å². The summed E-state index contributed by atoms with van der Waals surface area (Å²) in [6, 6.07) is 13.2. The van der Waals surface area contributed by atoms with Gasteiger partial charge in [0.15, 0.2) is 11.5 Å². The first-order chi connectivity index (χ1) is 15.0. The first-order valence-electron chi connectivity index (χ1n) is 9.69. The number of rotatable bonds is 7. The number of hydrogen-bond donors (Lipinski definition) is 0. The molecule has 0 saturated carbocycles. The molecule has 31 heavy (non-hydrogen) atoms. The van der Waals surface area contributed by atoms with Gasteiger partial charge < -0.3 is 14.2 Å². The van der Waals surface area contributed by atoms with E-state index in [0.717, 1.165) is 0 Å². The van der Waals surface area contributed by atoms with E-state index in [1.807, 2.05) is 6.07 Å². The summed E-state index contributed by atoms with van der Waals surface area (Å²) in [6.07, 6.45) is 1.45. The second-order valence-electron chi connectivity index (χ2n) is 6.42. The predicted octanol–water partition coefficient (Wildman–Crippen LogP) is 3.85. The van der Waals surface area contributed by atoms with Crippen molar-refractivity contribution in [1.82, 2.24) is 9.78 Å². The van der Waals surface area contributed by atoms with Gasteiger partial charge in [-0.3, -0.25) is 0 Å². The minimum Gasteiger partial charge on any atom is -0.490 e. The molecule has 8 heteroatoms. The first kappa shape index (κ1) is 21.6. The fraction of sp³-hybridized carbons (Fsp3) is 0.217. The molecule has 1 heterocycles. The molecular weight excluding hydrogens is 398 g/mol. The molecule has 0 radical (unpaired) electrons. The highest BCUT2D eigenvalue weighted by Crippen LogP contribution is 2.29. The van der Waals surface area contributed by atoms with Gasteiger partial charge in [0, 0.05) is 6.07 Å². The highest BCUT2D eigenvalue weighted by molar-refractivity contribution is 5.92. The van der Waals surface area contributed by atoms with Gasteiger partial charge in [-0.1, -0.05) is 0 Å². The molecule has 0 amide bonds.